The molecule has 3 rings (SSSR count). The van der Waals surface area contributed by atoms with Gasteiger partial charge in [-0.3, -0.25) is 4.79 Å². The van der Waals surface area contributed by atoms with E-state index in [0.717, 1.165) is 11.3 Å². The fraction of sp³-hybridized carbons (Fsp3) is 0.222. The fourth-order valence-corrected chi connectivity index (χ4v) is 3.41. The highest BCUT2D eigenvalue weighted by Gasteiger charge is 2.25. The van der Waals surface area contributed by atoms with Gasteiger partial charge in [0.2, 0.25) is 11.1 Å². The molecule has 0 aliphatic heterocycles. The largest absolute Gasteiger partial charge is 0.497 e. The first-order valence-electron chi connectivity index (χ1n) is 8.14. The van der Waals surface area contributed by atoms with Gasteiger partial charge in [0.15, 0.2) is 0 Å². The standard InChI is InChI=1S/C18H19N5O2S/c1-3-23-18(20-21-22-23)26-16(13-7-5-4-6-8-13)17(24)19-14-9-11-15(25-2)12-10-14/h4-12,16H,3H2,1-2H3,(H,19,24). The van der Waals surface area contributed by atoms with Crippen LogP contribution in [0.25, 0.3) is 0 Å². The quantitative estimate of drug-likeness (QED) is 0.644. The minimum absolute atomic E-state index is 0.142. The third kappa shape index (κ3) is 4.20. The van der Waals surface area contributed by atoms with E-state index in [-0.39, 0.29) is 5.91 Å². The summed E-state index contributed by atoms with van der Waals surface area (Å²) in [6.07, 6.45) is 0. The molecule has 2 aromatic carbocycles. The second-order valence-corrected chi connectivity index (χ2v) is 6.48. The number of carbonyl (C=O) groups excluding carboxylic acids is 1. The maximum atomic E-state index is 13.0. The summed E-state index contributed by atoms with van der Waals surface area (Å²) in [5, 5.41) is 14.7. The van der Waals surface area contributed by atoms with Crippen LogP contribution in [-0.4, -0.2) is 33.2 Å². The molecule has 7 nitrogen and oxygen atoms in total. The minimum Gasteiger partial charge on any atom is -0.497 e. The first-order valence-corrected chi connectivity index (χ1v) is 9.02. The molecule has 3 aromatic rings. The van der Waals surface area contributed by atoms with Crippen LogP contribution in [-0.2, 0) is 11.3 Å². The maximum Gasteiger partial charge on any atom is 0.242 e. The molecule has 1 unspecified atom stereocenters. The molecule has 0 fully saturated rings. The number of nitrogens with zero attached hydrogens (tertiary/aromatic N) is 4. The van der Waals surface area contributed by atoms with Crippen molar-refractivity contribution in [2.45, 2.75) is 23.9 Å². The Morgan fingerprint density at radius 2 is 1.92 bits per heavy atom. The molecule has 0 aliphatic rings. The van der Waals surface area contributed by atoms with Crippen molar-refractivity contribution >= 4 is 23.4 Å². The molecule has 8 heteroatoms. The van der Waals surface area contributed by atoms with Gasteiger partial charge in [-0.25, -0.2) is 4.68 Å². The van der Waals surface area contributed by atoms with Crippen LogP contribution in [0.15, 0.2) is 59.8 Å². The molecular weight excluding hydrogens is 350 g/mol. The Bertz CT molecular complexity index is 852. The molecule has 1 N–H and O–H groups in total. The molecule has 1 atom stereocenters. The molecule has 0 radical (unpaired) electrons. The molecule has 0 spiro atoms. The topological polar surface area (TPSA) is 81.9 Å². The van der Waals surface area contributed by atoms with Crippen molar-refractivity contribution in [1.82, 2.24) is 20.2 Å². The molecule has 0 bridgehead atoms. The zero-order chi connectivity index (χ0) is 18.4. The van der Waals surface area contributed by atoms with Crippen LogP contribution >= 0.6 is 11.8 Å². The molecule has 26 heavy (non-hydrogen) atoms. The normalized spacial score (nSPS) is 11.8. The van der Waals surface area contributed by atoms with E-state index >= 15 is 0 Å². The number of anilines is 1. The number of methoxy groups -OCH3 is 1. The number of ether oxygens (including phenoxy) is 1. The Morgan fingerprint density at radius 3 is 2.58 bits per heavy atom. The van der Waals surface area contributed by atoms with Gasteiger partial charge >= 0.3 is 0 Å². The molecule has 0 saturated heterocycles. The molecular formula is C18H19N5O2S. The number of benzene rings is 2. The first-order chi connectivity index (χ1) is 12.7. The van der Waals surface area contributed by atoms with Crippen molar-refractivity contribution in [3.63, 3.8) is 0 Å². The molecule has 1 heterocycles. The van der Waals surface area contributed by atoms with E-state index < -0.39 is 5.25 Å². The smallest absolute Gasteiger partial charge is 0.242 e. The summed E-state index contributed by atoms with van der Waals surface area (Å²) in [7, 11) is 1.60. The van der Waals surface area contributed by atoms with Crippen LogP contribution in [0, 0.1) is 0 Å². The number of tetrazole rings is 1. The van der Waals surface area contributed by atoms with E-state index in [4.69, 9.17) is 4.74 Å². The summed E-state index contributed by atoms with van der Waals surface area (Å²) in [5.41, 5.74) is 1.58. The van der Waals surface area contributed by atoms with Gasteiger partial charge < -0.3 is 10.1 Å². The van der Waals surface area contributed by atoms with Gasteiger partial charge in [-0.15, -0.1) is 5.10 Å². The van der Waals surface area contributed by atoms with Gasteiger partial charge in [0, 0.05) is 12.2 Å². The molecule has 1 aromatic heterocycles. The van der Waals surface area contributed by atoms with Gasteiger partial charge in [0.1, 0.15) is 11.0 Å². The van der Waals surface area contributed by atoms with E-state index in [0.29, 0.717) is 17.4 Å². The number of nitrogens with one attached hydrogen (secondary N) is 1. The number of hydrogen-bond donors (Lipinski definition) is 1. The molecule has 1 amide bonds. The summed E-state index contributed by atoms with van der Waals surface area (Å²) in [6.45, 7) is 2.59. The lowest BCUT2D eigenvalue weighted by molar-refractivity contribution is -0.115. The molecule has 134 valence electrons. The van der Waals surface area contributed by atoms with Crippen LogP contribution < -0.4 is 10.1 Å². The first kappa shape index (κ1) is 17.9. The van der Waals surface area contributed by atoms with Gasteiger partial charge in [-0.2, -0.15) is 0 Å². The number of rotatable bonds is 7. The van der Waals surface area contributed by atoms with Gasteiger partial charge in [-0.05, 0) is 47.2 Å². The van der Waals surface area contributed by atoms with Crippen molar-refractivity contribution in [3.05, 3.63) is 60.2 Å². The summed E-state index contributed by atoms with van der Waals surface area (Å²) in [4.78, 5) is 13.0. The van der Waals surface area contributed by atoms with Crippen LogP contribution in [0.5, 0.6) is 5.75 Å². The number of aromatic nitrogens is 4. The summed E-state index contributed by atoms with van der Waals surface area (Å²) >= 11 is 1.32. The minimum atomic E-state index is -0.477. The van der Waals surface area contributed by atoms with E-state index in [2.05, 4.69) is 20.8 Å². The highest BCUT2D eigenvalue weighted by Crippen LogP contribution is 2.35. The zero-order valence-corrected chi connectivity index (χ0v) is 15.3. The van der Waals surface area contributed by atoms with Crippen molar-refractivity contribution in [2.24, 2.45) is 0 Å². The number of carbonyl (C=O) groups is 1. The highest BCUT2D eigenvalue weighted by molar-refractivity contribution is 8.00. The molecule has 0 aliphatic carbocycles. The van der Waals surface area contributed by atoms with E-state index in [9.17, 15) is 4.79 Å². The van der Waals surface area contributed by atoms with E-state index in [1.807, 2.05) is 37.3 Å². The van der Waals surface area contributed by atoms with Gasteiger partial charge in [-0.1, -0.05) is 42.1 Å². The monoisotopic (exact) mass is 369 g/mol. The van der Waals surface area contributed by atoms with Gasteiger partial charge in [0.05, 0.1) is 7.11 Å². The summed E-state index contributed by atoms with van der Waals surface area (Å²) in [6, 6.07) is 16.8. The Morgan fingerprint density at radius 1 is 1.19 bits per heavy atom. The van der Waals surface area contributed by atoms with Crippen molar-refractivity contribution in [3.8, 4) is 5.75 Å². The van der Waals surface area contributed by atoms with Crippen LogP contribution in [0.4, 0.5) is 5.69 Å². The number of thioether (sulfide) groups is 1. The Hall–Kier alpha value is -2.87. The predicted molar refractivity (Wildman–Crippen MR) is 100 cm³/mol. The maximum absolute atomic E-state index is 13.0. The Kier molecular flexibility index (Phi) is 5.85. The average molecular weight is 369 g/mol. The van der Waals surface area contributed by atoms with E-state index in [1.165, 1.54) is 11.8 Å². The zero-order valence-electron chi connectivity index (χ0n) is 14.5. The third-order valence-corrected chi connectivity index (χ3v) is 4.95. The highest BCUT2D eigenvalue weighted by atomic mass is 32.2. The Labute approximate surface area is 155 Å². The summed E-state index contributed by atoms with van der Waals surface area (Å²) in [5.74, 6) is 0.594. The average Bonchev–Trinajstić information content (AvgIpc) is 3.14. The second-order valence-electron chi connectivity index (χ2n) is 5.40. The lowest BCUT2D eigenvalue weighted by Crippen LogP contribution is -2.19. The Balaban J connectivity index is 1.83. The predicted octanol–water partition coefficient (Wildman–Crippen LogP) is 3.17. The number of hydrogen-bond acceptors (Lipinski definition) is 6. The lowest BCUT2D eigenvalue weighted by atomic mass is 10.1. The second kappa shape index (κ2) is 8.48. The van der Waals surface area contributed by atoms with Gasteiger partial charge in [0.25, 0.3) is 0 Å². The number of amides is 1. The van der Waals surface area contributed by atoms with Crippen LogP contribution in [0.1, 0.15) is 17.7 Å². The third-order valence-electron chi connectivity index (χ3n) is 3.72. The van der Waals surface area contributed by atoms with Crippen molar-refractivity contribution < 1.29 is 9.53 Å². The SMILES string of the molecule is CCn1nnnc1SC(C(=O)Nc1ccc(OC)cc1)c1ccccc1. The number of aryl methyl sites for hydroxylation is 1. The van der Waals surface area contributed by atoms with Crippen molar-refractivity contribution in [2.75, 3.05) is 12.4 Å². The molecule has 0 saturated carbocycles. The lowest BCUT2D eigenvalue weighted by Gasteiger charge is -2.16. The van der Waals surface area contributed by atoms with Crippen molar-refractivity contribution in [1.29, 1.82) is 0 Å². The van der Waals surface area contributed by atoms with E-state index in [1.54, 1.807) is 36.1 Å². The summed E-state index contributed by atoms with van der Waals surface area (Å²) < 4.78 is 6.81. The van der Waals surface area contributed by atoms with Crippen LogP contribution in [0.2, 0.25) is 0 Å². The van der Waals surface area contributed by atoms with Crippen LogP contribution in [0.3, 0.4) is 0 Å². The fourth-order valence-electron chi connectivity index (χ4n) is 2.37.